The van der Waals surface area contributed by atoms with Crippen molar-refractivity contribution in [1.29, 1.82) is 0 Å². The summed E-state index contributed by atoms with van der Waals surface area (Å²) >= 11 is 1.21. The Morgan fingerprint density at radius 2 is 2.05 bits per heavy atom. The van der Waals surface area contributed by atoms with E-state index >= 15 is 0 Å². The van der Waals surface area contributed by atoms with Crippen LogP contribution in [0.3, 0.4) is 0 Å². The standard InChI is InChI=1S/C11H16N4O3S2/c12-9-8(19-11(15-9)14-6-1-2-6)10(16)13-7-3-4-20(17,18)5-7/h6-7H,1-5,12H2,(H,13,16)(H,14,15). The molecule has 1 aromatic rings. The van der Waals surface area contributed by atoms with E-state index in [1.807, 2.05) is 0 Å². The molecule has 4 N–H and O–H groups in total. The van der Waals surface area contributed by atoms with Gasteiger partial charge in [0.1, 0.15) is 10.7 Å². The lowest BCUT2D eigenvalue weighted by Gasteiger charge is -2.09. The van der Waals surface area contributed by atoms with E-state index in [0.29, 0.717) is 22.5 Å². The lowest BCUT2D eigenvalue weighted by Crippen LogP contribution is -2.35. The zero-order chi connectivity index (χ0) is 14.3. The van der Waals surface area contributed by atoms with Gasteiger partial charge in [0.2, 0.25) is 0 Å². The number of thiazole rings is 1. The maximum atomic E-state index is 12.1. The van der Waals surface area contributed by atoms with E-state index in [0.717, 1.165) is 12.8 Å². The van der Waals surface area contributed by atoms with Crippen LogP contribution in [0, 0.1) is 0 Å². The van der Waals surface area contributed by atoms with Crippen molar-refractivity contribution >= 4 is 38.0 Å². The number of nitrogens with zero attached hydrogens (tertiary/aromatic N) is 1. The summed E-state index contributed by atoms with van der Waals surface area (Å²) in [5.74, 6) is -0.0163. The summed E-state index contributed by atoms with van der Waals surface area (Å²) in [4.78, 5) is 16.6. The number of amides is 1. The summed E-state index contributed by atoms with van der Waals surface area (Å²) in [7, 11) is -3.01. The van der Waals surface area contributed by atoms with Crippen LogP contribution in [-0.4, -0.2) is 42.9 Å². The zero-order valence-electron chi connectivity index (χ0n) is 10.8. The molecule has 1 atom stereocenters. The van der Waals surface area contributed by atoms with Crippen LogP contribution in [0.25, 0.3) is 0 Å². The molecule has 9 heteroatoms. The highest BCUT2D eigenvalue weighted by Gasteiger charge is 2.30. The smallest absolute Gasteiger partial charge is 0.265 e. The van der Waals surface area contributed by atoms with Crippen LogP contribution in [0.5, 0.6) is 0 Å². The molecule has 1 aliphatic carbocycles. The summed E-state index contributed by atoms with van der Waals surface area (Å²) in [6.45, 7) is 0. The molecule has 1 aromatic heterocycles. The zero-order valence-corrected chi connectivity index (χ0v) is 12.4. The normalized spacial score (nSPS) is 24.5. The van der Waals surface area contributed by atoms with Crippen molar-refractivity contribution in [2.75, 3.05) is 22.6 Å². The summed E-state index contributed by atoms with van der Waals surface area (Å²) in [6.07, 6.45) is 2.68. The fourth-order valence-electron chi connectivity index (χ4n) is 2.12. The van der Waals surface area contributed by atoms with Gasteiger partial charge in [0, 0.05) is 12.1 Å². The topological polar surface area (TPSA) is 114 Å². The molecule has 0 radical (unpaired) electrons. The van der Waals surface area contributed by atoms with Crippen LogP contribution in [0.4, 0.5) is 10.9 Å². The molecule has 1 aliphatic heterocycles. The molecule has 1 unspecified atom stereocenters. The first kappa shape index (κ1) is 13.6. The highest BCUT2D eigenvalue weighted by atomic mass is 32.2. The SMILES string of the molecule is Nc1nc(NC2CC2)sc1C(=O)NC1CCS(=O)(=O)C1. The molecule has 1 amide bonds. The average Bonchev–Trinajstić information content (AvgIpc) is 2.99. The minimum Gasteiger partial charge on any atom is -0.382 e. The van der Waals surface area contributed by atoms with Crippen molar-refractivity contribution in [2.45, 2.75) is 31.3 Å². The van der Waals surface area contributed by atoms with Crippen molar-refractivity contribution in [1.82, 2.24) is 10.3 Å². The molecule has 0 aromatic carbocycles. The number of nitrogens with one attached hydrogen (secondary N) is 2. The Morgan fingerprint density at radius 3 is 2.65 bits per heavy atom. The molecule has 2 heterocycles. The van der Waals surface area contributed by atoms with E-state index < -0.39 is 9.84 Å². The number of sulfone groups is 1. The Balaban J connectivity index is 1.66. The van der Waals surface area contributed by atoms with Crippen LogP contribution in [-0.2, 0) is 9.84 Å². The van der Waals surface area contributed by atoms with Crippen LogP contribution in [0.1, 0.15) is 28.9 Å². The number of aromatic nitrogens is 1. The van der Waals surface area contributed by atoms with Crippen LogP contribution in [0.2, 0.25) is 0 Å². The van der Waals surface area contributed by atoms with Crippen LogP contribution in [0.15, 0.2) is 0 Å². The van der Waals surface area contributed by atoms with Crippen molar-refractivity contribution in [3.8, 4) is 0 Å². The molecule has 110 valence electrons. The largest absolute Gasteiger partial charge is 0.382 e. The molecule has 2 aliphatic rings. The summed E-state index contributed by atoms with van der Waals surface area (Å²) in [6, 6.07) is 0.116. The van der Waals surface area contributed by atoms with E-state index in [-0.39, 0.29) is 29.3 Å². The first-order chi connectivity index (χ1) is 9.43. The van der Waals surface area contributed by atoms with Gasteiger partial charge in [0.15, 0.2) is 15.0 Å². The number of anilines is 2. The molecule has 0 bridgehead atoms. The van der Waals surface area contributed by atoms with Gasteiger partial charge < -0.3 is 16.4 Å². The second-order valence-electron chi connectivity index (χ2n) is 5.23. The van der Waals surface area contributed by atoms with Gasteiger partial charge in [0.05, 0.1) is 11.5 Å². The molecule has 3 rings (SSSR count). The first-order valence-electron chi connectivity index (χ1n) is 6.47. The maximum absolute atomic E-state index is 12.1. The molecule has 1 saturated heterocycles. The average molecular weight is 316 g/mol. The summed E-state index contributed by atoms with van der Waals surface area (Å²) in [5, 5.41) is 6.56. The second-order valence-corrected chi connectivity index (χ2v) is 8.45. The van der Waals surface area contributed by atoms with Gasteiger partial charge in [0.25, 0.3) is 5.91 Å². The predicted octanol–water partition coefficient (Wildman–Crippen LogP) is 0.216. The van der Waals surface area contributed by atoms with Gasteiger partial charge in [-0.15, -0.1) is 0 Å². The number of nitrogens with two attached hydrogens (primary N) is 1. The van der Waals surface area contributed by atoms with E-state index in [1.165, 1.54) is 11.3 Å². The lowest BCUT2D eigenvalue weighted by molar-refractivity contribution is 0.0946. The molecule has 20 heavy (non-hydrogen) atoms. The summed E-state index contributed by atoms with van der Waals surface area (Å²) in [5.41, 5.74) is 5.75. The number of hydrogen-bond acceptors (Lipinski definition) is 7. The van der Waals surface area contributed by atoms with Gasteiger partial charge in [-0.25, -0.2) is 13.4 Å². The Labute approximate surface area is 120 Å². The molecular formula is C11H16N4O3S2. The number of carbonyl (C=O) groups excluding carboxylic acids is 1. The highest BCUT2D eigenvalue weighted by Crippen LogP contribution is 2.30. The molecule has 7 nitrogen and oxygen atoms in total. The van der Waals surface area contributed by atoms with Gasteiger partial charge in [-0.1, -0.05) is 11.3 Å². The fraction of sp³-hybridized carbons (Fsp3) is 0.636. The van der Waals surface area contributed by atoms with Crippen molar-refractivity contribution in [3.05, 3.63) is 4.88 Å². The number of rotatable bonds is 4. The monoisotopic (exact) mass is 316 g/mol. The molecule has 0 spiro atoms. The Morgan fingerprint density at radius 1 is 1.30 bits per heavy atom. The van der Waals surface area contributed by atoms with Gasteiger partial charge in [-0.2, -0.15) is 0 Å². The summed E-state index contributed by atoms with van der Waals surface area (Å²) < 4.78 is 22.7. The van der Waals surface area contributed by atoms with Gasteiger partial charge in [-0.3, -0.25) is 4.79 Å². The van der Waals surface area contributed by atoms with E-state index in [2.05, 4.69) is 15.6 Å². The van der Waals surface area contributed by atoms with Gasteiger partial charge >= 0.3 is 0 Å². The first-order valence-corrected chi connectivity index (χ1v) is 9.11. The highest BCUT2D eigenvalue weighted by molar-refractivity contribution is 7.91. The maximum Gasteiger partial charge on any atom is 0.265 e. The van der Waals surface area contributed by atoms with E-state index in [4.69, 9.17) is 5.73 Å². The minimum absolute atomic E-state index is 0.00459. The van der Waals surface area contributed by atoms with Crippen molar-refractivity contribution in [2.24, 2.45) is 0 Å². The van der Waals surface area contributed by atoms with Crippen molar-refractivity contribution < 1.29 is 13.2 Å². The van der Waals surface area contributed by atoms with E-state index in [1.54, 1.807) is 0 Å². The Kier molecular flexibility index (Phi) is 3.33. The van der Waals surface area contributed by atoms with Crippen LogP contribution < -0.4 is 16.4 Å². The van der Waals surface area contributed by atoms with Crippen molar-refractivity contribution in [3.63, 3.8) is 0 Å². The predicted molar refractivity (Wildman–Crippen MR) is 77.7 cm³/mol. The number of hydrogen-bond donors (Lipinski definition) is 3. The molecule has 1 saturated carbocycles. The quantitative estimate of drug-likeness (QED) is 0.732. The number of carbonyl (C=O) groups is 1. The molecular weight excluding hydrogens is 300 g/mol. The minimum atomic E-state index is -3.01. The van der Waals surface area contributed by atoms with Gasteiger partial charge in [-0.05, 0) is 19.3 Å². The molecule has 2 fully saturated rings. The lowest BCUT2D eigenvalue weighted by atomic mass is 10.2. The Bertz CT molecular complexity index is 636. The third kappa shape index (κ3) is 3.04. The number of nitrogen functional groups attached to an aromatic ring is 1. The van der Waals surface area contributed by atoms with E-state index in [9.17, 15) is 13.2 Å². The Hall–Kier alpha value is -1.35. The second kappa shape index (κ2) is 4.88. The third-order valence-corrected chi connectivity index (χ3v) is 6.10. The fourth-order valence-corrected chi connectivity index (χ4v) is 4.66. The van der Waals surface area contributed by atoms with Crippen LogP contribution >= 0.6 is 11.3 Å². The third-order valence-electron chi connectivity index (χ3n) is 3.33.